The van der Waals surface area contributed by atoms with Crippen molar-refractivity contribution in [2.24, 2.45) is 0 Å². The highest BCUT2D eigenvalue weighted by atomic mass is 35.5. The average molecular weight is 237 g/mol. The molecule has 7 heteroatoms. The van der Waals surface area contributed by atoms with Crippen LogP contribution < -0.4 is 0 Å². The van der Waals surface area contributed by atoms with E-state index in [-0.39, 0.29) is 15.9 Å². The van der Waals surface area contributed by atoms with E-state index in [1.54, 1.807) is 0 Å². The van der Waals surface area contributed by atoms with Gasteiger partial charge in [0, 0.05) is 5.56 Å². The van der Waals surface area contributed by atoms with Gasteiger partial charge in [0.1, 0.15) is 0 Å². The normalized spacial score (nSPS) is 12.3. The van der Waals surface area contributed by atoms with Gasteiger partial charge in [0.2, 0.25) is 0 Å². The molecule has 0 fully saturated rings. The van der Waals surface area contributed by atoms with Crippen LogP contribution in [0.25, 0.3) is 0 Å². The summed E-state index contributed by atoms with van der Waals surface area (Å²) >= 11 is 11.1. The van der Waals surface area contributed by atoms with Crippen molar-refractivity contribution in [2.75, 3.05) is 7.11 Å². The van der Waals surface area contributed by atoms with Crippen molar-refractivity contribution in [1.29, 1.82) is 0 Å². The first-order chi connectivity index (χ1) is 6.56. The molecule has 0 aliphatic heterocycles. The van der Waals surface area contributed by atoms with E-state index in [1.807, 2.05) is 0 Å². The predicted octanol–water partition coefficient (Wildman–Crippen LogP) is 0.990. The van der Waals surface area contributed by atoms with Crippen LogP contribution in [-0.4, -0.2) is 28.4 Å². The number of aliphatic hydroxyl groups excluding tert-OH is 1. The van der Waals surface area contributed by atoms with Gasteiger partial charge in [-0.3, -0.25) is 0 Å². The van der Waals surface area contributed by atoms with Gasteiger partial charge < -0.3 is 9.84 Å². The highest BCUT2D eigenvalue weighted by Gasteiger charge is 2.22. The lowest BCUT2D eigenvalue weighted by molar-refractivity contribution is -0.150. The number of halogens is 2. The minimum absolute atomic E-state index is 0.0346. The summed E-state index contributed by atoms with van der Waals surface area (Å²) in [7, 11) is 1.15. The number of esters is 1. The van der Waals surface area contributed by atoms with E-state index in [1.165, 1.54) is 6.07 Å². The number of carbonyl (C=O) groups excluding carboxylic acids is 1. The molecule has 1 atom stereocenters. The Morgan fingerprint density at radius 2 is 2.21 bits per heavy atom. The fourth-order valence-electron chi connectivity index (χ4n) is 0.796. The van der Waals surface area contributed by atoms with Gasteiger partial charge in [0.05, 0.1) is 7.11 Å². The SMILES string of the molecule is COC(=O)C(O)c1cc(Cl)nnc1Cl. The number of carbonyl (C=O) groups is 1. The maximum absolute atomic E-state index is 11.0. The van der Waals surface area contributed by atoms with Gasteiger partial charge in [0.15, 0.2) is 16.4 Å². The zero-order chi connectivity index (χ0) is 10.7. The molecule has 0 amide bonds. The molecule has 0 radical (unpaired) electrons. The Hall–Kier alpha value is -0.910. The molecule has 1 aromatic rings. The lowest BCUT2D eigenvalue weighted by atomic mass is 10.2. The number of methoxy groups -OCH3 is 1. The third-order valence-corrected chi connectivity index (χ3v) is 1.94. The van der Waals surface area contributed by atoms with Gasteiger partial charge in [-0.1, -0.05) is 23.2 Å². The third kappa shape index (κ3) is 2.31. The Morgan fingerprint density at radius 3 is 2.79 bits per heavy atom. The van der Waals surface area contributed by atoms with Crippen LogP contribution in [0.3, 0.4) is 0 Å². The van der Waals surface area contributed by atoms with E-state index in [2.05, 4.69) is 14.9 Å². The smallest absolute Gasteiger partial charge is 0.339 e. The largest absolute Gasteiger partial charge is 0.467 e. The first-order valence-electron chi connectivity index (χ1n) is 3.50. The molecule has 1 rings (SSSR count). The lowest BCUT2D eigenvalue weighted by Gasteiger charge is -2.08. The van der Waals surface area contributed by atoms with Crippen molar-refractivity contribution < 1.29 is 14.6 Å². The van der Waals surface area contributed by atoms with Crippen LogP contribution in [0.2, 0.25) is 10.3 Å². The number of aliphatic hydroxyl groups is 1. The molecule has 0 bridgehead atoms. The van der Waals surface area contributed by atoms with Crippen molar-refractivity contribution in [3.8, 4) is 0 Å². The molecule has 0 saturated carbocycles. The first-order valence-corrected chi connectivity index (χ1v) is 4.26. The average Bonchev–Trinajstić information content (AvgIpc) is 2.19. The molecule has 0 aromatic carbocycles. The monoisotopic (exact) mass is 236 g/mol. The molecule has 5 nitrogen and oxygen atoms in total. The van der Waals surface area contributed by atoms with Crippen LogP contribution in [0.5, 0.6) is 0 Å². The second-order valence-electron chi connectivity index (χ2n) is 2.34. The van der Waals surface area contributed by atoms with Crippen molar-refractivity contribution >= 4 is 29.2 Å². The van der Waals surface area contributed by atoms with Gasteiger partial charge >= 0.3 is 5.97 Å². The molecule has 1 heterocycles. The Balaban J connectivity index is 3.05. The molecule has 1 unspecified atom stereocenters. The summed E-state index contributed by atoms with van der Waals surface area (Å²) in [5.41, 5.74) is 0.0681. The Morgan fingerprint density at radius 1 is 1.57 bits per heavy atom. The molecular weight excluding hydrogens is 231 g/mol. The first kappa shape index (κ1) is 11.2. The van der Waals surface area contributed by atoms with Crippen LogP contribution in [-0.2, 0) is 9.53 Å². The lowest BCUT2D eigenvalue weighted by Crippen LogP contribution is -2.14. The fourth-order valence-corrected chi connectivity index (χ4v) is 1.15. The molecule has 14 heavy (non-hydrogen) atoms. The van der Waals surface area contributed by atoms with Crippen LogP contribution in [0.4, 0.5) is 0 Å². The molecular formula is C7H6Cl2N2O3. The van der Waals surface area contributed by atoms with E-state index in [0.29, 0.717) is 0 Å². The Kier molecular flexibility index (Phi) is 3.62. The van der Waals surface area contributed by atoms with E-state index < -0.39 is 12.1 Å². The number of hydrogen-bond acceptors (Lipinski definition) is 5. The molecule has 0 saturated heterocycles. The van der Waals surface area contributed by atoms with Crippen molar-refractivity contribution in [3.05, 3.63) is 21.9 Å². The topological polar surface area (TPSA) is 72.3 Å². The Bertz CT molecular complexity index is 359. The number of hydrogen-bond donors (Lipinski definition) is 1. The number of ether oxygens (including phenoxy) is 1. The molecule has 76 valence electrons. The third-order valence-electron chi connectivity index (χ3n) is 1.47. The highest BCUT2D eigenvalue weighted by molar-refractivity contribution is 6.32. The van der Waals surface area contributed by atoms with Crippen molar-refractivity contribution in [1.82, 2.24) is 10.2 Å². The Labute approximate surface area is 89.6 Å². The summed E-state index contributed by atoms with van der Waals surface area (Å²) in [5.74, 6) is -0.837. The molecule has 1 aromatic heterocycles. The van der Waals surface area contributed by atoms with Crippen molar-refractivity contribution in [3.63, 3.8) is 0 Å². The maximum atomic E-state index is 11.0. The number of nitrogens with zero attached hydrogens (tertiary/aromatic N) is 2. The van der Waals surface area contributed by atoms with Gasteiger partial charge in [-0.25, -0.2) is 4.79 Å². The predicted molar refractivity (Wildman–Crippen MR) is 49.0 cm³/mol. The second kappa shape index (κ2) is 4.54. The summed E-state index contributed by atoms with van der Waals surface area (Å²) in [6.45, 7) is 0. The zero-order valence-corrected chi connectivity index (χ0v) is 8.58. The minimum Gasteiger partial charge on any atom is -0.467 e. The van der Waals surface area contributed by atoms with E-state index in [4.69, 9.17) is 23.2 Å². The standard InChI is InChI=1S/C7H6Cl2N2O3/c1-14-7(13)5(12)3-2-4(8)10-11-6(3)9/h2,5,12H,1H3. The minimum atomic E-state index is -1.50. The second-order valence-corrected chi connectivity index (χ2v) is 3.08. The molecule has 0 spiro atoms. The molecule has 0 aliphatic rings. The van der Waals surface area contributed by atoms with E-state index in [9.17, 15) is 9.90 Å². The van der Waals surface area contributed by atoms with Crippen LogP contribution >= 0.6 is 23.2 Å². The fraction of sp³-hybridized carbons (Fsp3) is 0.286. The quantitative estimate of drug-likeness (QED) is 0.776. The van der Waals surface area contributed by atoms with Gasteiger partial charge in [-0.2, -0.15) is 0 Å². The van der Waals surface area contributed by atoms with Gasteiger partial charge in [-0.15, -0.1) is 10.2 Å². The van der Waals surface area contributed by atoms with Crippen LogP contribution in [0.15, 0.2) is 6.07 Å². The summed E-state index contributed by atoms with van der Waals surface area (Å²) in [6, 6.07) is 1.25. The molecule has 0 aliphatic carbocycles. The van der Waals surface area contributed by atoms with Crippen LogP contribution in [0, 0.1) is 0 Å². The van der Waals surface area contributed by atoms with Gasteiger partial charge in [-0.05, 0) is 6.07 Å². The summed E-state index contributed by atoms with van der Waals surface area (Å²) in [5, 5.41) is 16.2. The van der Waals surface area contributed by atoms with Crippen molar-refractivity contribution in [2.45, 2.75) is 6.10 Å². The summed E-state index contributed by atoms with van der Waals surface area (Å²) in [6.07, 6.45) is -1.50. The maximum Gasteiger partial charge on any atom is 0.339 e. The van der Waals surface area contributed by atoms with Crippen LogP contribution in [0.1, 0.15) is 11.7 Å². The zero-order valence-electron chi connectivity index (χ0n) is 7.07. The summed E-state index contributed by atoms with van der Waals surface area (Å²) < 4.78 is 4.32. The van der Waals surface area contributed by atoms with E-state index >= 15 is 0 Å². The highest BCUT2D eigenvalue weighted by Crippen LogP contribution is 2.23. The molecule has 1 N–H and O–H groups in total. The van der Waals surface area contributed by atoms with Gasteiger partial charge in [0.25, 0.3) is 0 Å². The number of aromatic nitrogens is 2. The van der Waals surface area contributed by atoms with E-state index in [0.717, 1.165) is 7.11 Å². The summed E-state index contributed by atoms with van der Waals surface area (Å²) in [4.78, 5) is 11.0. The number of rotatable bonds is 2.